The van der Waals surface area contributed by atoms with Gasteiger partial charge in [0, 0.05) is 24.5 Å². The van der Waals surface area contributed by atoms with Gasteiger partial charge in [0.25, 0.3) is 0 Å². The molecule has 1 atom stereocenters. The summed E-state index contributed by atoms with van der Waals surface area (Å²) in [5.74, 6) is 0.315. The SMILES string of the molecule is C.C.CC(C)C[C@@H](CC(=O)NC(C)C)NC(=O)OCc1ccccc1.CC(C)NS(C)(=O)=O. The minimum atomic E-state index is -2.97. The second-order valence-electron chi connectivity index (χ2n) is 8.50. The van der Waals surface area contributed by atoms with Crippen molar-refractivity contribution < 1.29 is 22.7 Å². The van der Waals surface area contributed by atoms with Crippen LogP contribution in [0.2, 0.25) is 0 Å². The molecule has 194 valence electrons. The number of hydrogen-bond donors (Lipinski definition) is 3. The molecule has 3 N–H and O–H groups in total. The maximum atomic E-state index is 11.9. The van der Waals surface area contributed by atoms with Gasteiger partial charge in [-0.3, -0.25) is 4.79 Å². The van der Waals surface area contributed by atoms with Crippen LogP contribution in [0.4, 0.5) is 4.79 Å². The smallest absolute Gasteiger partial charge is 0.407 e. The average molecular weight is 490 g/mol. The van der Waals surface area contributed by atoms with Gasteiger partial charge in [0.1, 0.15) is 6.61 Å². The summed E-state index contributed by atoms with van der Waals surface area (Å²) in [5.41, 5.74) is 0.931. The van der Waals surface area contributed by atoms with Gasteiger partial charge >= 0.3 is 6.09 Å². The van der Waals surface area contributed by atoms with E-state index in [1.165, 1.54) is 0 Å². The number of hydrogen-bond acceptors (Lipinski definition) is 5. The normalized spacial score (nSPS) is 11.5. The average Bonchev–Trinajstić information content (AvgIpc) is 2.57. The van der Waals surface area contributed by atoms with E-state index in [-0.39, 0.29) is 51.9 Å². The number of benzene rings is 1. The number of alkyl carbamates (subject to hydrolysis) is 1. The number of rotatable bonds is 10. The van der Waals surface area contributed by atoms with Crippen molar-refractivity contribution in [2.75, 3.05) is 6.26 Å². The summed E-state index contributed by atoms with van der Waals surface area (Å²) >= 11 is 0. The summed E-state index contributed by atoms with van der Waals surface area (Å²) in [6, 6.07) is 9.37. The molecule has 0 radical (unpaired) electrons. The van der Waals surface area contributed by atoms with Gasteiger partial charge in [-0.15, -0.1) is 0 Å². The molecule has 0 saturated carbocycles. The molecule has 8 nitrogen and oxygen atoms in total. The number of nitrogens with one attached hydrogen (secondary N) is 3. The molecule has 0 unspecified atom stereocenters. The summed E-state index contributed by atoms with van der Waals surface area (Å²) in [7, 11) is -2.97. The molecule has 9 heteroatoms. The predicted molar refractivity (Wildman–Crippen MR) is 137 cm³/mol. The largest absolute Gasteiger partial charge is 0.445 e. The van der Waals surface area contributed by atoms with Crippen LogP contribution in [-0.2, 0) is 26.2 Å². The molecule has 0 saturated heterocycles. The number of carbonyl (C=O) groups excluding carboxylic acids is 2. The Kier molecular flexibility index (Phi) is 19.7. The van der Waals surface area contributed by atoms with E-state index in [1.807, 2.05) is 44.2 Å². The van der Waals surface area contributed by atoms with E-state index < -0.39 is 16.1 Å². The van der Waals surface area contributed by atoms with Crippen molar-refractivity contribution in [3.63, 3.8) is 0 Å². The molecule has 1 rings (SSSR count). The van der Waals surface area contributed by atoms with Crippen LogP contribution in [-0.4, -0.2) is 44.8 Å². The van der Waals surface area contributed by atoms with E-state index in [1.54, 1.807) is 13.8 Å². The molecule has 0 aliphatic heterocycles. The van der Waals surface area contributed by atoms with Gasteiger partial charge in [-0.05, 0) is 45.6 Å². The monoisotopic (exact) mass is 489 g/mol. The highest BCUT2D eigenvalue weighted by Crippen LogP contribution is 2.09. The van der Waals surface area contributed by atoms with Gasteiger partial charge in [0.05, 0.1) is 6.26 Å². The van der Waals surface area contributed by atoms with Crippen molar-refractivity contribution in [2.24, 2.45) is 5.92 Å². The highest BCUT2D eigenvalue weighted by Gasteiger charge is 2.19. The molecule has 0 aliphatic rings. The quantitative estimate of drug-likeness (QED) is 0.449. The van der Waals surface area contributed by atoms with Gasteiger partial charge in [-0.2, -0.15) is 0 Å². The van der Waals surface area contributed by atoms with Crippen molar-refractivity contribution in [3.8, 4) is 0 Å². The first-order valence-corrected chi connectivity index (χ1v) is 12.4. The summed E-state index contributed by atoms with van der Waals surface area (Å²) < 4.78 is 28.2. The zero-order valence-electron chi connectivity index (χ0n) is 19.8. The molecule has 0 aromatic heterocycles. The van der Waals surface area contributed by atoms with Gasteiger partial charge in [0.15, 0.2) is 0 Å². The Morgan fingerprint density at radius 3 is 1.85 bits per heavy atom. The van der Waals surface area contributed by atoms with Gasteiger partial charge in [-0.25, -0.2) is 17.9 Å². The Hall–Kier alpha value is -2.13. The summed E-state index contributed by atoms with van der Waals surface area (Å²) in [6.07, 6.45) is 1.65. The number of carbonyl (C=O) groups is 2. The highest BCUT2D eigenvalue weighted by molar-refractivity contribution is 7.88. The summed E-state index contributed by atoms with van der Waals surface area (Å²) in [4.78, 5) is 23.8. The van der Waals surface area contributed by atoms with Crippen LogP contribution in [0.3, 0.4) is 0 Å². The standard InChI is InChI=1S/C18H28N2O3.C4H11NO2S.2CH4/c1-13(2)10-16(11-17(21)19-14(3)4)20-18(22)23-12-15-8-6-5-7-9-15;1-4(2)5-8(3,6)7;;/h5-9,13-14,16H,10-12H2,1-4H3,(H,19,21)(H,20,22);4-5H,1-3H3;2*1H4/t16-;;;/m0.../s1. The summed E-state index contributed by atoms with van der Waals surface area (Å²) in [6.45, 7) is 11.7. The van der Waals surface area contributed by atoms with Crippen LogP contribution in [0.15, 0.2) is 30.3 Å². The van der Waals surface area contributed by atoms with E-state index in [9.17, 15) is 18.0 Å². The van der Waals surface area contributed by atoms with E-state index in [0.29, 0.717) is 5.92 Å². The second kappa shape index (κ2) is 18.3. The summed E-state index contributed by atoms with van der Waals surface area (Å²) in [5, 5.41) is 5.65. The molecule has 0 spiro atoms. The first-order chi connectivity index (χ1) is 14.3. The van der Waals surface area contributed by atoms with Crippen LogP contribution >= 0.6 is 0 Å². The molecule has 33 heavy (non-hydrogen) atoms. The molecular formula is C24H47N3O5S. The maximum absolute atomic E-state index is 11.9. The van der Waals surface area contributed by atoms with Crippen LogP contribution in [0.25, 0.3) is 0 Å². The lowest BCUT2D eigenvalue weighted by Crippen LogP contribution is -2.41. The Labute approximate surface area is 202 Å². The van der Waals surface area contributed by atoms with E-state index in [0.717, 1.165) is 18.2 Å². The first kappa shape index (κ1) is 35.5. The van der Waals surface area contributed by atoms with Gasteiger partial charge in [-0.1, -0.05) is 59.0 Å². The molecular weight excluding hydrogens is 442 g/mol. The Morgan fingerprint density at radius 2 is 1.45 bits per heavy atom. The fraction of sp³-hybridized carbons (Fsp3) is 0.667. The van der Waals surface area contributed by atoms with Crippen molar-refractivity contribution in [1.29, 1.82) is 0 Å². The maximum Gasteiger partial charge on any atom is 0.407 e. The lowest BCUT2D eigenvalue weighted by atomic mass is 10.0. The van der Waals surface area contributed by atoms with Gasteiger partial charge in [0.2, 0.25) is 15.9 Å². The lowest BCUT2D eigenvalue weighted by Gasteiger charge is -2.20. The van der Waals surface area contributed by atoms with Crippen LogP contribution < -0.4 is 15.4 Å². The Bertz CT molecular complexity index is 751. The van der Waals surface area contributed by atoms with E-state index in [4.69, 9.17) is 4.74 Å². The fourth-order valence-electron chi connectivity index (χ4n) is 2.73. The lowest BCUT2D eigenvalue weighted by molar-refractivity contribution is -0.122. The first-order valence-electron chi connectivity index (χ1n) is 10.5. The zero-order chi connectivity index (χ0) is 24.0. The molecule has 0 aliphatic carbocycles. The van der Waals surface area contributed by atoms with E-state index in [2.05, 4.69) is 29.2 Å². The third kappa shape index (κ3) is 22.8. The van der Waals surface area contributed by atoms with Crippen molar-refractivity contribution in [1.82, 2.24) is 15.4 Å². The highest BCUT2D eigenvalue weighted by atomic mass is 32.2. The molecule has 0 bridgehead atoms. The number of amides is 2. The molecule has 0 heterocycles. The number of ether oxygens (including phenoxy) is 1. The minimum Gasteiger partial charge on any atom is -0.445 e. The van der Waals surface area contributed by atoms with Crippen molar-refractivity contribution >= 4 is 22.0 Å². The topological polar surface area (TPSA) is 114 Å². The molecule has 1 aromatic rings. The van der Waals surface area contributed by atoms with Crippen LogP contribution in [0.5, 0.6) is 0 Å². The van der Waals surface area contributed by atoms with Crippen molar-refractivity contribution in [2.45, 2.75) is 94.0 Å². The molecule has 0 fully saturated rings. The van der Waals surface area contributed by atoms with Crippen LogP contribution in [0, 0.1) is 5.92 Å². The third-order valence-corrected chi connectivity index (χ3v) is 4.52. The fourth-order valence-corrected chi connectivity index (χ4v) is 3.58. The Balaban J connectivity index is -0.000000774. The van der Waals surface area contributed by atoms with Gasteiger partial charge < -0.3 is 15.4 Å². The minimum absolute atomic E-state index is 0. The predicted octanol–water partition coefficient (Wildman–Crippen LogP) is 4.46. The Morgan fingerprint density at radius 1 is 0.909 bits per heavy atom. The molecule has 1 aromatic carbocycles. The number of sulfonamides is 1. The van der Waals surface area contributed by atoms with Crippen LogP contribution in [0.1, 0.15) is 74.8 Å². The second-order valence-corrected chi connectivity index (χ2v) is 10.3. The molecule has 2 amide bonds. The zero-order valence-corrected chi connectivity index (χ0v) is 20.6. The van der Waals surface area contributed by atoms with E-state index >= 15 is 0 Å². The third-order valence-electron chi connectivity index (χ3n) is 3.62. The van der Waals surface area contributed by atoms with Crippen molar-refractivity contribution in [3.05, 3.63) is 35.9 Å².